The minimum Gasteiger partial charge on any atom is -0.378 e. The number of morpholine rings is 1. The van der Waals surface area contributed by atoms with Gasteiger partial charge in [-0.1, -0.05) is 0 Å². The molecule has 0 unspecified atom stereocenters. The van der Waals surface area contributed by atoms with Gasteiger partial charge in [0.05, 0.1) is 19.3 Å². The summed E-state index contributed by atoms with van der Waals surface area (Å²) in [5.41, 5.74) is 0.618. The van der Waals surface area contributed by atoms with E-state index in [4.69, 9.17) is 4.74 Å². The maximum absolute atomic E-state index is 13.4. The average Bonchev–Trinajstić information content (AvgIpc) is 2.19. The molecule has 3 nitrogen and oxygen atoms in total. The molecule has 1 aliphatic rings. The largest absolute Gasteiger partial charge is 0.378 e. The van der Waals surface area contributed by atoms with Gasteiger partial charge in [0, 0.05) is 21.9 Å². The molecule has 1 fully saturated rings. The van der Waals surface area contributed by atoms with Crippen LogP contribution in [-0.2, 0) is 4.74 Å². The molecule has 76 valence electrons. The highest BCUT2D eigenvalue weighted by molar-refractivity contribution is 14.1. The number of pyridine rings is 1. The van der Waals surface area contributed by atoms with E-state index in [2.05, 4.69) is 32.9 Å². The highest BCUT2D eigenvalue weighted by atomic mass is 127. The van der Waals surface area contributed by atoms with Gasteiger partial charge in [0.15, 0.2) is 0 Å². The standard InChI is InChI=1S/C9H10FIN2O/c10-9-8(6(11)1-2-13-9)7-5-14-4-3-12-7/h1-2,7,12H,3-5H2/t7-/m0/s1. The molecule has 0 amide bonds. The summed E-state index contributed by atoms with van der Waals surface area (Å²) >= 11 is 2.11. The first kappa shape index (κ1) is 10.3. The van der Waals surface area contributed by atoms with Gasteiger partial charge in [0.25, 0.3) is 0 Å². The van der Waals surface area contributed by atoms with Crippen molar-refractivity contribution in [3.8, 4) is 0 Å². The molecule has 0 radical (unpaired) electrons. The van der Waals surface area contributed by atoms with Gasteiger partial charge in [0.1, 0.15) is 0 Å². The fourth-order valence-corrected chi connectivity index (χ4v) is 2.25. The van der Waals surface area contributed by atoms with Gasteiger partial charge in [-0.15, -0.1) is 0 Å². The molecular weight excluding hydrogens is 298 g/mol. The lowest BCUT2D eigenvalue weighted by molar-refractivity contribution is 0.0752. The first-order chi connectivity index (χ1) is 6.79. The van der Waals surface area contributed by atoms with E-state index in [1.807, 2.05) is 0 Å². The van der Waals surface area contributed by atoms with Crippen molar-refractivity contribution < 1.29 is 9.13 Å². The number of halogens is 2. The molecule has 0 spiro atoms. The van der Waals surface area contributed by atoms with Crippen LogP contribution in [0.15, 0.2) is 12.3 Å². The summed E-state index contributed by atoms with van der Waals surface area (Å²) in [5.74, 6) is -0.403. The van der Waals surface area contributed by atoms with Crippen molar-refractivity contribution in [1.29, 1.82) is 0 Å². The molecule has 1 aromatic heterocycles. The molecule has 5 heteroatoms. The number of rotatable bonds is 1. The molecule has 1 saturated heterocycles. The number of ether oxygens (including phenoxy) is 1. The van der Waals surface area contributed by atoms with E-state index in [1.165, 1.54) is 6.20 Å². The molecule has 1 atom stereocenters. The summed E-state index contributed by atoms with van der Waals surface area (Å²) in [4.78, 5) is 3.65. The lowest BCUT2D eigenvalue weighted by atomic mass is 10.1. The van der Waals surface area contributed by atoms with E-state index < -0.39 is 5.95 Å². The summed E-state index contributed by atoms with van der Waals surface area (Å²) in [7, 11) is 0. The Kier molecular flexibility index (Phi) is 3.30. The summed E-state index contributed by atoms with van der Waals surface area (Å²) in [6, 6.07) is 1.74. The first-order valence-electron chi connectivity index (χ1n) is 4.40. The zero-order valence-corrected chi connectivity index (χ0v) is 9.62. The third-order valence-electron chi connectivity index (χ3n) is 2.16. The van der Waals surface area contributed by atoms with Crippen molar-refractivity contribution in [2.24, 2.45) is 0 Å². The predicted molar refractivity (Wildman–Crippen MR) is 58.5 cm³/mol. The van der Waals surface area contributed by atoms with E-state index in [0.29, 0.717) is 18.8 Å². The van der Waals surface area contributed by atoms with E-state index in [1.54, 1.807) is 6.07 Å². The molecule has 1 N–H and O–H groups in total. The number of nitrogens with one attached hydrogen (secondary N) is 1. The molecule has 1 aliphatic heterocycles. The average molecular weight is 308 g/mol. The summed E-state index contributed by atoms with van der Waals surface area (Å²) in [5, 5.41) is 3.21. The topological polar surface area (TPSA) is 34.1 Å². The second-order valence-electron chi connectivity index (χ2n) is 3.08. The third-order valence-corrected chi connectivity index (χ3v) is 3.10. The fraction of sp³-hybridized carbons (Fsp3) is 0.444. The Morgan fingerprint density at radius 2 is 2.50 bits per heavy atom. The van der Waals surface area contributed by atoms with Crippen LogP contribution in [0.25, 0.3) is 0 Å². The van der Waals surface area contributed by atoms with Crippen LogP contribution in [0.5, 0.6) is 0 Å². The van der Waals surface area contributed by atoms with Crippen molar-refractivity contribution in [3.63, 3.8) is 0 Å². The van der Waals surface area contributed by atoms with Crippen molar-refractivity contribution >= 4 is 22.6 Å². The molecule has 1 aromatic rings. The molecular formula is C9H10FIN2O. The third kappa shape index (κ3) is 2.04. The normalized spacial score (nSPS) is 22.3. The molecule has 14 heavy (non-hydrogen) atoms. The van der Waals surface area contributed by atoms with Gasteiger partial charge in [-0.3, -0.25) is 0 Å². The summed E-state index contributed by atoms with van der Waals surface area (Å²) in [6.45, 7) is 1.96. The Bertz CT molecular complexity index is 308. The van der Waals surface area contributed by atoms with Gasteiger partial charge in [-0.2, -0.15) is 4.39 Å². The van der Waals surface area contributed by atoms with Crippen molar-refractivity contribution in [2.75, 3.05) is 19.8 Å². The minimum atomic E-state index is -0.403. The van der Waals surface area contributed by atoms with Gasteiger partial charge < -0.3 is 10.1 Å². The smallest absolute Gasteiger partial charge is 0.218 e. The first-order valence-corrected chi connectivity index (χ1v) is 5.48. The van der Waals surface area contributed by atoms with E-state index >= 15 is 0 Å². The van der Waals surface area contributed by atoms with Gasteiger partial charge in [0.2, 0.25) is 5.95 Å². The Labute approximate surface area is 95.2 Å². The van der Waals surface area contributed by atoms with Gasteiger partial charge in [-0.25, -0.2) is 4.98 Å². The molecule has 0 aromatic carbocycles. The Morgan fingerprint density at radius 1 is 1.64 bits per heavy atom. The quantitative estimate of drug-likeness (QED) is 0.630. The highest BCUT2D eigenvalue weighted by Gasteiger charge is 2.21. The van der Waals surface area contributed by atoms with E-state index in [-0.39, 0.29) is 6.04 Å². The molecule has 2 rings (SSSR count). The Balaban J connectivity index is 2.29. The predicted octanol–water partition coefficient (Wildman–Crippen LogP) is 1.49. The lowest BCUT2D eigenvalue weighted by Gasteiger charge is -2.24. The number of hydrogen-bond acceptors (Lipinski definition) is 3. The molecule has 0 aliphatic carbocycles. The lowest BCUT2D eigenvalue weighted by Crippen LogP contribution is -2.35. The Morgan fingerprint density at radius 3 is 3.14 bits per heavy atom. The van der Waals surface area contributed by atoms with Crippen LogP contribution in [0.4, 0.5) is 4.39 Å². The van der Waals surface area contributed by atoms with Crippen LogP contribution >= 0.6 is 22.6 Å². The van der Waals surface area contributed by atoms with Gasteiger partial charge >= 0.3 is 0 Å². The highest BCUT2D eigenvalue weighted by Crippen LogP contribution is 2.23. The van der Waals surface area contributed by atoms with Crippen LogP contribution in [0, 0.1) is 9.52 Å². The summed E-state index contributed by atoms with van der Waals surface area (Å²) < 4.78 is 19.6. The van der Waals surface area contributed by atoms with E-state index in [9.17, 15) is 4.39 Å². The molecule has 0 bridgehead atoms. The second kappa shape index (κ2) is 4.50. The minimum absolute atomic E-state index is 0.0654. The van der Waals surface area contributed by atoms with Crippen molar-refractivity contribution in [2.45, 2.75) is 6.04 Å². The number of hydrogen-bond donors (Lipinski definition) is 1. The summed E-state index contributed by atoms with van der Waals surface area (Å²) in [6.07, 6.45) is 1.48. The van der Waals surface area contributed by atoms with Crippen molar-refractivity contribution in [1.82, 2.24) is 10.3 Å². The van der Waals surface area contributed by atoms with Crippen LogP contribution in [0.2, 0.25) is 0 Å². The zero-order valence-electron chi connectivity index (χ0n) is 7.46. The SMILES string of the molecule is Fc1nccc(I)c1[C@@H]1COCCN1. The number of nitrogens with zero attached hydrogens (tertiary/aromatic N) is 1. The molecule has 2 heterocycles. The van der Waals surface area contributed by atoms with Crippen LogP contribution < -0.4 is 5.32 Å². The van der Waals surface area contributed by atoms with Crippen LogP contribution in [0.1, 0.15) is 11.6 Å². The van der Waals surface area contributed by atoms with E-state index in [0.717, 1.165) is 10.1 Å². The fourth-order valence-electron chi connectivity index (χ4n) is 1.49. The second-order valence-corrected chi connectivity index (χ2v) is 4.24. The van der Waals surface area contributed by atoms with Crippen LogP contribution in [0.3, 0.4) is 0 Å². The molecule has 0 saturated carbocycles. The van der Waals surface area contributed by atoms with Gasteiger partial charge in [-0.05, 0) is 28.7 Å². The number of aromatic nitrogens is 1. The van der Waals surface area contributed by atoms with Crippen molar-refractivity contribution in [3.05, 3.63) is 27.3 Å². The maximum Gasteiger partial charge on any atom is 0.218 e. The zero-order chi connectivity index (χ0) is 9.97. The monoisotopic (exact) mass is 308 g/mol. The Hall–Kier alpha value is -0.270. The van der Waals surface area contributed by atoms with Crippen LogP contribution in [-0.4, -0.2) is 24.7 Å². The maximum atomic E-state index is 13.4.